The minimum atomic E-state index is -0.132. The van der Waals surface area contributed by atoms with Crippen LogP contribution in [0.5, 0.6) is 5.75 Å². The molecule has 1 N–H and O–H groups in total. The van der Waals surface area contributed by atoms with Gasteiger partial charge in [0.15, 0.2) is 0 Å². The van der Waals surface area contributed by atoms with E-state index in [1.54, 1.807) is 12.1 Å². The fraction of sp³-hybridized carbons (Fsp3) is 0.400. The molecule has 0 bridgehead atoms. The fourth-order valence-corrected chi connectivity index (χ4v) is 4.61. The van der Waals surface area contributed by atoms with E-state index in [9.17, 15) is 5.11 Å². The van der Waals surface area contributed by atoms with Gasteiger partial charge >= 0.3 is 145 Å². The summed E-state index contributed by atoms with van der Waals surface area (Å²) in [7, 11) is 0. The maximum absolute atomic E-state index is 9.32. The molecule has 0 atom stereocenters. The van der Waals surface area contributed by atoms with Gasteiger partial charge in [-0.15, -0.1) is 0 Å². The van der Waals surface area contributed by atoms with Gasteiger partial charge in [0.1, 0.15) is 0 Å². The predicted molar refractivity (Wildman–Crippen MR) is 89.0 cm³/mol. The molecule has 0 saturated carbocycles. The van der Waals surface area contributed by atoms with Crippen LogP contribution in [0.4, 0.5) is 0 Å². The molecule has 1 nitrogen and oxygen atoms in total. The molecular formula is C20H26IO-. The number of rotatable bonds is 9. The number of unbranched alkanes of at least 4 members (excludes halogenated alkanes) is 5. The second-order valence-corrected chi connectivity index (χ2v) is 8.75. The third-order valence-electron chi connectivity index (χ3n) is 3.78. The van der Waals surface area contributed by atoms with Crippen molar-refractivity contribution in [2.45, 2.75) is 51.9 Å². The summed E-state index contributed by atoms with van der Waals surface area (Å²) in [4.78, 5) is 0. The molecule has 120 valence electrons. The Morgan fingerprint density at radius 2 is 1.27 bits per heavy atom. The van der Waals surface area contributed by atoms with Gasteiger partial charge in [0.05, 0.1) is 0 Å². The molecule has 0 heterocycles. The van der Waals surface area contributed by atoms with Gasteiger partial charge in [-0.2, -0.15) is 0 Å². The standard InChI is InChI=1S/C20H26IO/c1-2-3-4-5-6-7-8-17-9-11-18(12-10-17)21-19-13-15-20(22)16-14-19/h9-16,22H,2-8H2,1H3/q-1. The number of phenolic OH excluding ortho intramolecular Hbond substituents is 1. The third-order valence-corrected chi connectivity index (χ3v) is 6.46. The Labute approximate surface area is 145 Å². The van der Waals surface area contributed by atoms with E-state index in [1.807, 2.05) is 12.1 Å². The van der Waals surface area contributed by atoms with E-state index >= 15 is 0 Å². The summed E-state index contributed by atoms with van der Waals surface area (Å²) >= 11 is -0.132. The summed E-state index contributed by atoms with van der Waals surface area (Å²) < 4.78 is 2.79. The van der Waals surface area contributed by atoms with Gasteiger partial charge in [-0.25, -0.2) is 0 Å². The number of benzene rings is 2. The minimum absolute atomic E-state index is 0.132. The molecular weight excluding hydrogens is 383 g/mol. The van der Waals surface area contributed by atoms with Crippen molar-refractivity contribution < 1.29 is 26.3 Å². The molecule has 0 unspecified atom stereocenters. The quantitative estimate of drug-likeness (QED) is 0.498. The van der Waals surface area contributed by atoms with Crippen molar-refractivity contribution in [3.63, 3.8) is 0 Å². The first-order valence-electron chi connectivity index (χ1n) is 8.30. The predicted octanol–water partition coefficient (Wildman–Crippen LogP) is 2.42. The van der Waals surface area contributed by atoms with Gasteiger partial charge in [-0.05, 0) is 0 Å². The molecule has 22 heavy (non-hydrogen) atoms. The van der Waals surface area contributed by atoms with Gasteiger partial charge in [-0.1, -0.05) is 0 Å². The van der Waals surface area contributed by atoms with Crippen LogP contribution in [0.3, 0.4) is 0 Å². The van der Waals surface area contributed by atoms with E-state index in [2.05, 4.69) is 31.2 Å². The van der Waals surface area contributed by atoms with Crippen LogP contribution in [0.2, 0.25) is 0 Å². The summed E-state index contributed by atoms with van der Waals surface area (Å²) in [6, 6.07) is 16.8. The van der Waals surface area contributed by atoms with E-state index in [-0.39, 0.29) is 21.2 Å². The molecule has 2 rings (SSSR count). The first kappa shape index (κ1) is 17.3. The first-order chi connectivity index (χ1) is 10.8. The number of aromatic hydroxyl groups is 1. The second-order valence-electron chi connectivity index (χ2n) is 5.72. The molecule has 0 saturated heterocycles. The molecule has 0 radical (unpaired) electrons. The zero-order chi connectivity index (χ0) is 15.6. The number of aryl methyl sites for hydroxylation is 1. The van der Waals surface area contributed by atoms with Crippen LogP contribution in [0.15, 0.2) is 48.5 Å². The van der Waals surface area contributed by atoms with Crippen LogP contribution in [-0.4, -0.2) is 5.11 Å². The molecule has 0 aliphatic carbocycles. The van der Waals surface area contributed by atoms with E-state index in [1.165, 1.54) is 57.6 Å². The van der Waals surface area contributed by atoms with Crippen molar-refractivity contribution in [2.24, 2.45) is 0 Å². The van der Waals surface area contributed by atoms with Crippen molar-refractivity contribution in [3.8, 4) is 5.75 Å². The summed E-state index contributed by atoms with van der Waals surface area (Å²) in [5.74, 6) is 0.349. The van der Waals surface area contributed by atoms with Crippen LogP contribution < -0.4 is 21.2 Å². The van der Waals surface area contributed by atoms with Crippen molar-refractivity contribution in [2.75, 3.05) is 0 Å². The number of halogens is 1. The topological polar surface area (TPSA) is 20.2 Å². The van der Waals surface area contributed by atoms with Gasteiger partial charge < -0.3 is 0 Å². The van der Waals surface area contributed by atoms with Gasteiger partial charge in [0, 0.05) is 0 Å². The SMILES string of the molecule is CCCCCCCCc1ccc([I-]c2ccc(O)cc2)cc1. The first-order valence-corrected chi connectivity index (χ1v) is 10.5. The Balaban J connectivity index is 1.74. The zero-order valence-electron chi connectivity index (χ0n) is 13.4. The second kappa shape index (κ2) is 9.88. The average molecular weight is 409 g/mol. The Morgan fingerprint density at radius 1 is 0.727 bits per heavy atom. The fourth-order valence-electron chi connectivity index (χ4n) is 2.45. The monoisotopic (exact) mass is 409 g/mol. The van der Waals surface area contributed by atoms with E-state index in [0.29, 0.717) is 5.75 Å². The molecule has 2 aromatic carbocycles. The molecule has 0 spiro atoms. The molecule has 2 aromatic rings. The normalized spacial score (nSPS) is 11.0. The van der Waals surface area contributed by atoms with E-state index in [4.69, 9.17) is 0 Å². The summed E-state index contributed by atoms with van der Waals surface area (Å²) in [5.41, 5.74) is 1.47. The van der Waals surface area contributed by atoms with Gasteiger partial charge in [0.25, 0.3) is 0 Å². The van der Waals surface area contributed by atoms with Crippen molar-refractivity contribution >= 4 is 0 Å². The third kappa shape index (κ3) is 6.39. The summed E-state index contributed by atoms with van der Waals surface area (Å²) in [5, 5.41) is 9.32. The summed E-state index contributed by atoms with van der Waals surface area (Å²) in [6.45, 7) is 2.27. The molecule has 0 aliphatic rings. The van der Waals surface area contributed by atoms with Crippen LogP contribution in [0.1, 0.15) is 51.0 Å². The molecule has 2 heteroatoms. The average Bonchev–Trinajstić information content (AvgIpc) is 2.54. The Morgan fingerprint density at radius 3 is 1.91 bits per heavy atom. The van der Waals surface area contributed by atoms with Crippen LogP contribution in [0, 0.1) is 7.14 Å². The Hall–Kier alpha value is -1.03. The van der Waals surface area contributed by atoms with Gasteiger partial charge in [0.2, 0.25) is 0 Å². The molecule has 0 amide bonds. The van der Waals surface area contributed by atoms with Crippen LogP contribution >= 0.6 is 0 Å². The molecule has 0 fully saturated rings. The molecule has 0 aromatic heterocycles. The Bertz CT molecular complexity index is 531. The summed E-state index contributed by atoms with van der Waals surface area (Å²) in [6.07, 6.45) is 9.38. The van der Waals surface area contributed by atoms with Crippen molar-refractivity contribution in [1.29, 1.82) is 0 Å². The van der Waals surface area contributed by atoms with Crippen LogP contribution in [0.25, 0.3) is 0 Å². The Kier molecular flexibility index (Phi) is 7.78. The van der Waals surface area contributed by atoms with E-state index < -0.39 is 0 Å². The number of phenols is 1. The van der Waals surface area contributed by atoms with Crippen molar-refractivity contribution in [1.82, 2.24) is 0 Å². The number of hydrogen-bond acceptors (Lipinski definition) is 1. The molecule has 0 aliphatic heterocycles. The van der Waals surface area contributed by atoms with Crippen LogP contribution in [-0.2, 0) is 6.42 Å². The maximum atomic E-state index is 9.32. The van der Waals surface area contributed by atoms with Gasteiger partial charge in [-0.3, -0.25) is 0 Å². The van der Waals surface area contributed by atoms with Crippen molar-refractivity contribution in [3.05, 3.63) is 61.2 Å². The zero-order valence-corrected chi connectivity index (χ0v) is 15.6. The number of hydrogen-bond donors (Lipinski definition) is 1. The van der Waals surface area contributed by atoms with E-state index in [0.717, 1.165) is 0 Å².